The molecule has 0 radical (unpaired) electrons. The van der Waals surface area contributed by atoms with Gasteiger partial charge in [-0.25, -0.2) is 0 Å². The van der Waals surface area contributed by atoms with E-state index in [9.17, 15) is 20.2 Å². The zero-order valence-electron chi connectivity index (χ0n) is 6.64. The van der Waals surface area contributed by atoms with Gasteiger partial charge in [-0.2, -0.15) is 0 Å². The molecule has 0 heterocycles. The van der Waals surface area contributed by atoms with Crippen LogP contribution in [0.2, 0.25) is 0 Å². The number of hydrogen-bond donors (Lipinski definition) is 1. The van der Waals surface area contributed by atoms with E-state index in [0.29, 0.717) is 0 Å². The molecule has 0 unspecified atom stereocenters. The highest BCUT2D eigenvalue weighted by Gasteiger charge is 2.20. The van der Waals surface area contributed by atoms with Crippen LogP contribution in [0.15, 0.2) is 16.6 Å². The van der Waals surface area contributed by atoms with Crippen molar-refractivity contribution in [3.8, 4) is 0 Å². The summed E-state index contributed by atoms with van der Waals surface area (Å²) in [4.78, 5) is 19.3. The minimum Gasteiger partial charge on any atom is -0.397 e. The van der Waals surface area contributed by atoms with Gasteiger partial charge in [-0.15, -0.1) is 0 Å². The van der Waals surface area contributed by atoms with Gasteiger partial charge in [0.25, 0.3) is 11.4 Å². The van der Waals surface area contributed by atoms with Crippen LogP contribution < -0.4 is 5.73 Å². The summed E-state index contributed by atoms with van der Waals surface area (Å²) >= 11 is 2.87. The Morgan fingerprint density at radius 2 is 1.79 bits per heavy atom. The molecule has 0 saturated carbocycles. The van der Waals surface area contributed by atoms with Crippen molar-refractivity contribution in [2.45, 2.75) is 0 Å². The van der Waals surface area contributed by atoms with Crippen molar-refractivity contribution in [1.82, 2.24) is 0 Å². The maximum atomic E-state index is 10.4. The number of non-ortho nitro benzene ring substituents is 1. The zero-order chi connectivity index (χ0) is 10.9. The number of anilines is 1. The van der Waals surface area contributed by atoms with Crippen LogP contribution in [-0.4, -0.2) is 9.85 Å². The molecule has 0 spiro atoms. The van der Waals surface area contributed by atoms with Gasteiger partial charge in [-0.05, 0) is 15.9 Å². The van der Waals surface area contributed by atoms with Crippen LogP contribution in [0, 0.1) is 20.2 Å². The first-order valence-electron chi connectivity index (χ1n) is 3.31. The van der Waals surface area contributed by atoms with Gasteiger partial charge in [0, 0.05) is 6.07 Å². The van der Waals surface area contributed by atoms with Crippen LogP contribution in [0.3, 0.4) is 0 Å². The largest absolute Gasteiger partial charge is 0.397 e. The van der Waals surface area contributed by atoms with E-state index in [0.717, 1.165) is 12.1 Å². The number of nitrogens with two attached hydrogens (primary N) is 1. The second-order valence-corrected chi connectivity index (χ2v) is 3.18. The first kappa shape index (κ1) is 10.4. The third-order valence-corrected chi connectivity index (χ3v) is 2.34. The molecule has 1 aromatic rings. The first-order valence-corrected chi connectivity index (χ1v) is 4.10. The molecule has 0 saturated heterocycles. The van der Waals surface area contributed by atoms with Crippen LogP contribution in [-0.2, 0) is 0 Å². The Morgan fingerprint density at radius 3 is 2.21 bits per heavy atom. The summed E-state index contributed by atoms with van der Waals surface area (Å²) in [6.07, 6.45) is 0. The van der Waals surface area contributed by atoms with Gasteiger partial charge in [-0.1, -0.05) is 0 Å². The Bertz CT molecular complexity index is 420. The van der Waals surface area contributed by atoms with Gasteiger partial charge in [-0.3, -0.25) is 20.2 Å². The van der Waals surface area contributed by atoms with E-state index in [1.54, 1.807) is 0 Å². The lowest BCUT2D eigenvalue weighted by Gasteiger charge is -1.99. The van der Waals surface area contributed by atoms with Gasteiger partial charge >= 0.3 is 0 Å². The van der Waals surface area contributed by atoms with Crippen molar-refractivity contribution in [3.63, 3.8) is 0 Å². The van der Waals surface area contributed by atoms with E-state index in [1.807, 2.05) is 0 Å². The van der Waals surface area contributed by atoms with Crippen LogP contribution in [0.1, 0.15) is 0 Å². The molecule has 74 valence electrons. The highest BCUT2D eigenvalue weighted by molar-refractivity contribution is 9.10. The number of hydrogen-bond acceptors (Lipinski definition) is 5. The maximum Gasteiger partial charge on any atom is 0.292 e. The molecule has 0 aliphatic rings. The molecular formula is C6H4BrN3O4. The van der Waals surface area contributed by atoms with E-state index in [2.05, 4.69) is 15.9 Å². The molecule has 2 N–H and O–H groups in total. The summed E-state index contributed by atoms with van der Waals surface area (Å²) in [6, 6.07) is 1.90. The number of halogens is 1. The molecule has 0 bridgehead atoms. The highest BCUT2D eigenvalue weighted by atomic mass is 79.9. The molecule has 0 fully saturated rings. The van der Waals surface area contributed by atoms with Gasteiger partial charge < -0.3 is 5.73 Å². The second kappa shape index (κ2) is 3.58. The van der Waals surface area contributed by atoms with E-state index in [1.165, 1.54) is 0 Å². The lowest BCUT2D eigenvalue weighted by atomic mass is 10.2. The fraction of sp³-hybridized carbons (Fsp3) is 0. The number of rotatable bonds is 2. The SMILES string of the molecule is Nc1cc([N+](=O)[O-])cc([N+](=O)[O-])c1Br. The van der Waals surface area contributed by atoms with Gasteiger partial charge in [0.15, 0.2) is 0 Å². The van der Waals surface area contributed by atoms with Crippen molar-refractivity contribution in [2.24, 2.45) is 0 Å². The van der Waals surface area contributed by atoms with E-state index in [4.69, 9.17) is 5.73 Å². The monoisotopic (exact) mass is 261 g/mol. The minimum atomic E-state index is -0.743. The van der Waals surface area contributed by atoms with E-state index >= 15 is 0 Å². The molecule has 14 heavy (non-hydrogen) atoms. The maximum absolute atomic E-state index is 10.4. The van der Waals surface area contributed by atoms with Crippen LogP contribution >= 0.6 is 15.9 Å². The molecule has 0 aromatic heterocycles. The smallest absolute Gasteiger partial charge is 0.292 e. The molecule has 0 amide bonds. The summed E-state index contributed by atoms with van der Waals surface area (Å²) in [5.74, 6) is 0. The lowest BCUT2D eigenvalue weighted by molar-refractivity contribution is -0.394. The van der Waals surface area contributed by atoms with E-state index < -0.39 is 21.2 Å². The summed E-state index contributed by atoms with van der Waals surface area (Å²) in [7, 11) is 0. The van der Waals surface area contributed by atoms with Crippen molar-refractivity contribution in [3.05, 3.63) is 36.8 Å². The molecule has 1 rings (SSSR count). The highest BCUT2D eigenvalue weighted by Crippen LogP contribution is 2.34. The predicted molar refractivity (Wildman–Crippen MR) is 51.9 cm³/mol. The molecule has 7 nitrogen and oxygen atoms in total. The minimum absolute atomic E-state index is 0.0362. The first-order chi connectivity index (χ1) is 6.43. The van der Waals surface area contributed by atoms with E-state index in [-0.39, 0.29) is 10.2 Å². The fourth-order valence-electron chi connectivity index (χ4n) is 0.854. The van der Waals surface area contributed by atoms with Crippen molar-refractivity contribution in [1.29, 1.82) is 0 Å². The summed E-state index contributed by atoms with van der Waals surface area (Å²) in [6.45, 7) is 0. The van der Waals surface area contributed by atoms with Crippen molar-refractivity contribution >= 4 is 33.0 Å². The Balaban J connectivity index is 3.43. The molecule has 0 aliphatic heterocycles. The quantitative estimate of drug-likeness (QED) is 0.496. The Morgan fingerprint density at radius 1 is 1.21 bits per heavy atom. The lowest BCUT2D eigenvalue weighted by Crippen LogP contribution is -1.97. The fourth-order valence-corrected chi connectivity index (χ4v) is 1.23. The summed E-state index contributed by atoms with van der Waals surface area (Å²) in [5, 5.41) is 20.8. The topological polar surface area (TPSA) is 112 Å². The molecule has 1 aromatic carbocycles. The zero-order valence-corrected chi connectivity index (χ0v) is 8.22. The van der Waals surface area contributed by atoms with Gasteiger partial charge in [0.05, 0.1) is 21.6 Å². The van der Waals surface area contributed by atoms with Crippen LogP contribution in [0.5, 0.6) is 0 Å². The average molecular weight is 262 g/mol. The normalized spacial score (nSPS) is 9.79. The summed E-state index contributed by atoms with van der Waals surface area (Å²) in [5.41, 5.74) is 4.48. The number of nitro benzene ring substituents is 2. The third kappa shape index (κ3) is 1.79. The number of benzene rings is 1. The third-order valence-electron chi connectivity index (χ3n) is 1.47. The standard InChI is InChI=1S/C6H4BrN3O4/c7-6-4(8)1-3(9(11)12)2-5(6)10(13)14/h1-2H,8H2. The van der Waals surface area contributed by atoms with Crippen molar-refractivity contribution < 1.29 is 9.85 Å². The Kier molecular flexibility index (Phi) is 2.65. The van der Waals surface area contributed by atoms with Gasteiger partial charge in [0.1, 0.15) is 4.47 Å². The number of nitro groups is 2. The molecule has 0 aliphatic carbocycles. The van der Waals surface area contributed by atoms with Crippen LogP contribution in [0.25, 0.3) is 0 Å². The van der Waals surface area contributed by atoms with Crippen molar-refractivity contribution in [2.75, 3.05) is 5.73 Å². The Hall–Kier alpha value is -1.70. The molecular weight excluding hydrogens is 258 g/mol. The Labute approximate surface area is 85.9 Å². The average Bonchev–Trinajstić information content (AvgIpc) is 2.08. The predicted octanol–water partition coefficient (Wildman–Crippen LogP) is 1.85. The number of nitrogens with zero attached hydrogens (tertiary/aromatic N) is 2. The summed E-state index contributed by atoms with van der Waals surface area (Å²) < 4.78 is 0.0492. The number of nitrogen functional groups attached to an aromatic ring is 1. The van der Waals surface area contributed by atoms with Crippen LogP contribution in [0.4, 0.5) is 17.1 Å². The molecule has 8 heteroatoms. The van der Waals surface area contributed by atoms with Gasteiger partial charge in [0.2, 0.25) is 0 Å². The molecule has 0 atom stereocenters. The second-order valence-electron chi connectivity index (χ2n) is 2.38.